The number of benzene rings is 1. The summed E-state index contributed by atoms with van der Waals surface area (Å²) in [5, 5.41) is 8.94. The van der Waals surface area contributed by atoms with Crippen molar-refractivity contribution in [2.24, 2.45) is 13.0 Å². The van der Waals surface area contributed by atoms with E-state index in [1.807, 2.05) is 54.8 Å². The van der Waals surface area contributed by atoms with Gasteiger partial charge in [-0.05, 0) is 57.3 Å². The number of rotatable bonds is 6. The van der Waals surface area contributed by atoms with Crippen LogP contribution in [-0.2, 0) is 7.05 Å². The summed E-state index contributed by atoms with van der Waals surface area (Å²) in [7, 11) is 6.25. The number of hydrogen-bond acceptors (Lipinski definition) is 5. The van der Waals surface area contributed by atoms with E-state index >= 15 is 0 Å². The molecule has 0 amide bonds. The molecule has 4 aromatic rings. The number of aromatic nitrogens is 6. The van der Waals surface area contributed by atoms with E-state index in [2.05, 4.69) is 62.2 Å². The van der Waals surface area contributed by atoms with Gasteiger partial charge in [0, 0.05) is 60.6 Å². The molecule has 0 aliphatic heterocycles. The van der Waals surface area contributed by atoms with E-state index in [0.29, 0.717) is 6.04 Å². The maximum absolute atomic E-state index is 4.67. The largest absolute Gasteiger partial charge is 0.309 e. The van der Waals surface area contributed by atoms with Gasteiger partial charge in [-0.15, -0.1) is 0 Å². The zero-order valence-electron chi connectivity index (χ0n) is 19.6. The lowest BCUT2D eigenvalue weighted by Crippen LogP contribution is -2.26. The van der Waals surface area contributed by atoms with E-state index in [1.54, 1.807) is 0 Å². The molecule has 0 radical (unpaired) electrons. The second-order valence-corrected chi connectivity index (χ2v) is 9.42. The summed E-state index contributed by atoms with van der Waals surface area (Å²) >= 11 is 0. The summed E-state index contributed by atoms with van der Waals surface area (Å²) < 4.78 is 3.95. The van der Waals surface area contributed by atoms with Crippen LogP contribution in [0.4, 0.5) is 0 Å². The predicted octanol–water partition coefficient (Wildman–Crippen LogP) is 4.70. The van der Waals surface area contributed by atoms with Gasteiger partial charge in [-0.25, -0.2) is 9.97 Å². The quantitative estimate of drug-likeness (QED) is 0.434. The molecule has 1 aliphatic rings. The fourth-order valence-corrected chi connectivity index (χ4v) is 4.83. The van der Waals surface area contributed by atoms with Crippen molar-refractivity contribution in [3.8, 4) is 33.6 Å². The van der Waals surface area contributed by atoms with Crippen LogP contribution in [0.25, 0.3) is 33.6 Å². The highest BCUT2D eigenvalue weighted by molar-refractivity contribution is 5.70. The van der Waals surface area contributed by atoms with E-state index < -0.39 is 0 Å². The van der Waals surface area contributed by atoms with Crippen LogP contribution in [0.3, 0.4) is 0 Å². The summed E-state index contributed by atoms with van der Waals surface area (Å²) in [5.41, 5.74) is 5.25. The Bertz CT molecular complexity index is 1200. The molecule has 0 saturated heterocycles. The van der Waals surface area contributed by atoms with Gasteiger partial charge >= 0.3 is 0 Å². The van der Waals surface area contributed by atoms with Gasteiger partial charge in [0.15, 0.2) is 5.82 Å². The molecule has 7 heteroatoms. The van der Waals surface area contributed by atoms with E-state index in [1.165, 1.54) is 32.2 Å². The van der Waals surface area contributed by atoms with E-state index in [-0.39, 0.29) is 0 Å². The van der Waals surface area contributed by atoms with Crippen LogP contribution in [0.1, 0.15) is 31.7 Å². The maximum Gasteiger partial charge on any atom is 0.159 e. The van der Waals surface area contributed by atoms with Gasteiger partial charge in [-0.2, -0.15) is 10.2 Å². The molecule has 7 nitrogen and oxygen atoms in total. The maximum atomic E-state index is 4.67. The molecule has 0 atom stereocenters. The minimum absolute atomic E-state index is 0.493. The van der Waals surface area contributed by atoms with Gasteiger partial charge in [-0.3, -0.25) is 9.36 Å². The predicted molar refractivity (Wildman–Crippen MR) is 130 cm³/mol. The van der Waals surface area contributed by atoms with Gasteiger partial charge in [0.25, 0.3) is 0 Å². The molecule has 33 heavy (non-hydrogen) atoms. The minimum Gasteiger partial charge on any atom is -0.309 e. The summed E-state index contributed by atoms with van der Waals surface area (Å²) in [5.74, 6) is 1.53. The van der Waals surface area contributed by atoms with Crippen molar-refractivity contribution in [2.45, 2.75) is 31.7 Å². The van der Waals surface area contributed by atoms with Crippen molar-refractivity contribution in [1.82, 2.24) is 34.4 Å². The first kappa shape index (κ1) is 21.5. The Balaban J connectivity index is 1.28. The lowest BCUT2D eigenvalue weighted by Gasteiger charge is -2.30. The smallest absolute Gasteiger partial charge is 0.159 e. The zero-order valence-corrected chi connectivity index (χ0v) is 19.6. The molecule has 1 saturated carbocycles. The van der Waals surface area contributed by atoms with Crippen LogP contribution >= 0.6 is 0 Å². The molecule has 5 rings (SSSR count). The van der Waals surface area contributed by atoms with Crippen molar-refractivity contribution in [1.29, 1.82) is 0 Å². The van der Waals surface area contributed by atoms with Gasteiger partial charge < -0.3 is 4.90 Å². The Kier molecular flexibility index (Phi) is 6.05. The van der Waals surface area contributed by atoms with E-state index in [4.69, 9.17) is 0 Å². The monoisotopic (exact) mass is 441 g/mol. The second kappa shape index (κ2) is 9.27. The SMILES string of the molecule is CN(C)C[C@H]1CC[C@H](n2cc(-c3cnc(-c4cccc(-c5cnn(C)c5)c4)nc3)cn2)CC1. The third kappa shape index (κ3) is 4.88. The first-order valence-corrected chi connectivity index (χ1v) is 11.7. The number of aryl methyl sites for hydroxylation is 1. The molecule has 0 unspecified atom stereocenters. The second-order valence-electron chi connectivity index (χ2n) is 9.42. The summed E-state index contributed by atoms with van der Waals surface area (Å²) in [6.45, 7) is 1.19. The van der Waals surface area contributed by atoms with Crippen molar-refractivity contribution >= 4 is 0 Å². The molecular weight excluding hydrogens is 410 g/mol. The highest BCUT2D eigenvalue weighted by atomic mass is 15.3. The molecule has 1 fully saturated rings. The third-order valence-corrected chi connectivity index (χ3v) is 6.56. The Morgan fingerprint density at radius 3 is 2.21 bits per heavy atom. The van der Waals surface area contributed by atoms with Crippen LogP contribution in [0.2, 0.25) is 0 Å². The van der Waals surface area contributed by atoms with Crippen LogP contribution in [-0.4, -0.2) is 55.1 Å². The molecule has 3 aromatic heterocycles. The summed E-state index contributed by atoms with van der Waals surface area (Å²) in [6, 6.07) is 8.76. The van der Waals surface area contributed by atoms with Gasteiger partial charge in [0.2, 0.25) is 0 Å². The Morgan fingerprint density at radius 1 is 0.818 bits per heavy atom. The van der Waals surface area contributed by atoms with Crippen molar-refractivity contribution in [3.63, 3.8) is 0 Å². The minimum atomic E-state index is 0.493. The van der Waals surface area contributed by atoms with Crippen molar-refractivity contribution in [3.05, 3.63) is 61.4 Å². The highest BCUT2D eigenvalue weighted by Gasteiger charge is 2.23. The molecule has 170 valence electrons. The van der Waals surface area contributed by atoms with Crippen LogP contribution in [0, 0.1) is 5.92 Å². The molecule has 0 spiro atoms. The molecule has 3 heterocycles. The lowest BCUT2D eigenvalue weighted by atomic mass is 9.86. The van der Waals surface area contributed by atoms with Gasteiger partial charge in [-0.1, -0.05) is 18.2 Å². The average molecular weight is 442 g/mol. The fourth-order valence-electron chi connectivity index (χ4n) is 4.83. The van der Waals surface area contributed by atoms with Gasteiger partial charge in [0.05, 0.1) is 18.4 Å². The first-order chi connectivity index (χ1) is 16.0. The first-order valence-electron chi connectivity index (χ1n) is 11.7. The highest BCUT2D eigenvalue weighted by Crippen LogP contribution is 2.33. The Hall–Kier alpha value is -3.32. The molecular formula is C26H31N7. The summed E-state index contributed by atoms with van der Waals surface area (Å²) in [6.07, 6.45) is 16.7. The lowest BCUT2D eigenvalue weighted by molar-refractivity contribution is 0.216. The number of nitrogens with zero attached hydrogens (tertiary/aromatic N) is 7. The average Bonchev–Trinajstić information content (AvgIpc) is 3.49. The topological polar surface area (TPSA) is 64.7 Å². The van der Waals surface area contributed by atoms with Crippen LogP contribution in [0.5, 0.6) is 0 Å². The standard InChI is InChI=1S/C26H31N7/c1-31(2)16-19-7-9-25(10-8-19)33-18-24(15-30-33)22-12-27-26(28-13-22)21-6-4-5-20(11-21)23-14-29-32(3)17-23/h4-6,11-15,17-19,25H,7-10,16H2,1-3H3/t19-,25-. The normalized spacial score (nSPS) is 18.7. The van der Waals surface area contributed by atoms with E-state index in [9.17, 15) is 0 Å². The zero-order chi connectivity index (χ0) is 22.8. The summed E-state index contributed by atoms with van der Waals surface area (Å²) in [4.78, 5) is 11.6. The molecule has 0 N–H and O–H groups in total. The molecule has 1 aromatic carbocycles. The van der Waals surface area contributed by atoms with Gasteiger partial charge in [0.1, 0.15) is 0 Å². The fraction of sp³-hybridized carbons (Fsp3) is 0.385. The van der Waals surface area contributed by atoms with Crippen molar-refractivity contribution < 1.29 is 0 Å². The molecule has 1 aliphatic carbocycles. The van der Waals surface area contributed by atoms with Crippen molar-refractivity contribution in [2.75, 3.05) is 20.6 Å². The van der Waals surface area contributed by atoms with E-state index in [0.717, 1.165) is 39.6 Å². The van der Waals surface area contributed by atoms with Crippen LogP contribution in [0.15, 0.2) is 61.4 Å². The Labute approximate surface area is 195 Å². The third-order valence-electron chi connectivity index (χ3n) is 6.56. The molecule has 0 bridgehead atoms. The number of hydrogen-bond donors (Lipinski definition) is 0. The Morgan fingerprint density at radius 2 is 1.52 bits per heavy atom. The van der Waals surface area contributed by atoms with Crippen LogP contribution < -0.4 is 0 Å².